The summed E-state index contributed by atoms with van der Waals surface area (Å²) in [5.74, 6) is -0.710. The van der Waals surface area contributed by atoms with Crippen molar-refractivity contribution in [2.45, 2.75) is 31.7 Å². The van der Waals surface area contributed by atoms with Gasteiger partial charge in [-0.1, -0.05) is 0 Å². The van der Waals surface area contributed by atoms with Gasteiger partial charge in [-0.15, -0.1) is 0 Å². The molecule has 1 aliphatic heterocycles. The summed E-state index contributed by atoms with van der Waals surface area (Å²) in [4.78, 5) is 13.3. The Morgan fingerprint density at radius 1 is 1.13 bits per heavy atom. The molecule has 4 nitrogen and oxygen atoms in total. The first-order valence-electron chi connectivity index (χ1n) is 5.82. The zero-order chi connectivity index (χ0) is 10.7. The molecule has 0 radical (unpaired) electrons. The van der Waals surface area contributed by atoms with Crippen LogP contribution in [0.15, 0.2) is 0 Å². The average Bonchev–Trinajstić information content (AvgIpc) is 2.30. The fourth-order valence-corrected chi connectivity index (χ4v) is 2.63. The van der Waals surface area contributed by atoms with Crippen molar-refractivity contribution >= 4 is 5.97 Å². The number of hydrogen-bond donors (Lipinski definition) is 1. The summed E-state index contributed by atoms with van der Waals surface area (Å²) < 4.78 is 5.31. The Hall–Kier alpha value is -0.610. The van der Waals surface area contributed by atoms with Gasteiger partial charge in [0.1, 0.15) is 0 Å². The van der Waals surface area contributed by atoms with E-state index < -0.39 is 5.97 Å². The van der Waals surface area contributed by atoms with Gasteiger partial charge in [-0.25, -0.2) is 0 Å². The lowest BCUT2D eigenvalue weighted by molar-refractivity contribution is -0.143. The maximum atomic E-state index is 10.8. The number of morpholine rings is 1. The molecule has 1 N–H and O–H groups in total. The highest BCUT2D eigenvalue weighted by Crippen LogP contribution is 2.28. The van der Waals surface area contributed by atoms with Crippen molar-refractivity contribution in [2.75, 3.05) is 26.3 Å². The van der Waals surface area contributed by atoms with Gasteiger partial charge in [0.05, 0.1) is 19.1 Å². The second kappa shape index (κ2) is 4.94. The van der Waals surface area contributed by atoms with E-state index in [9.17, 15) is 4.79 Å². The van der Waals surface area contributed by atoms with Gasteiger partial charge in [-0.2, -0.15) is 0 Å². The summed E-state index contributed by atoms with van der Waals surface area (Å²) in [5.41, 5.74) is 0. The van der Waals surface area contributed by atoms with Crippen LogP contribution in [0.25, 0.3) is 0 Å². The molecule has 1 saturated heterocycles. The van der Waals surface area contributed by atoms with Crippen LogP contribution in [0, 0.1) is 5.92 Å². The lowest BCUT2D eigenvalue weighted by atomic mass is 9.85. The molecule has 1 heterocycles. The summed E-state index contributed by atoms with van der Waals surface area (Å²) in [6, 6.07) is 0.601. The second-order valence-corrected chi connectivity index (χ2v) is 4.49. The van der Waals surface area contributed by atoms with E-state index >= 15 is 0 Å². The van der Waals surface area contributed by atoms with Gasteiger partial charge in [0.25, 0.3) is 0 Å². The van der Waals surface area contributed by atoms with Crippen molar-refractivity contribution in [1.82, 2.24) is 4.90 Å². The summed E-state index contributed by atoms with van der Waals surface area (Å²) in [5, 5.41) is 8.90. The molecule has 1 saturated carbocycles. The highest BCUT2D eigenvalue weighted by Gasteiger charge is 2.29. The van der Waals surface area contributed by atoms with Crippen LogP contribution < -0.4 is 0 Å². The van der Waals surface area contributed by atoms with Gasteiger partial charge in [0, 0.05) is 19.1 Å². The Kier molecular flexibility index (Phi) is 3.59. The molecule has 0 atom stereocenters. The van der Waals surface area contributed by atoms with Crippen molar-refractivity contribution in [1.29, 1.82) is 0 Å². The molecule has 0 aromatic carbocycles. The second-order valence-electron chi connectivity index (χ2n) is 4.49. The van der Waals surface area contributed by atoms with E-state index in [1.54, 1.807) is 0 Å². The van der Waals surface area contributed by atoms with E-state index in [0.717, 1.165) is 52.0 Å². The third-order valence-corrected chi connectivity index (χ3v) is 3.61. The number of rotatable bonds is 2. The number of ether oxygens (including phenoxy) is 1. The lowest BCUT2D eigenvalue weighted by Crippen LogP contribution is -2.45. The molecule has 0 aromatic rings. The van der Waals surface area contributed by atoms with Crippen molar-refractivity contribution < 1.29 is 14.6 Å². The molecule has 2 rings (SSSR count). The summed E-state index contributed by atoms with van der Waals surface area (Å²) >= 11 is 0. The monoisotopic (exact) mass is 213 g/mol. The maximum absolute atomic E-state index is 10.8. The maximum Gasteiger partial charge on any atom is 0.306 e. The van der Waals surface area contributed by atoms with Gasteiger partial charge in [-0.05, 0) is 25.7 Å². The van der Waals surface area contributed by atoms with Crippen LogP contribution in [-0.2, 0) is 9.53 Å². The summed E-state index contributed by atoms with van der Waals surface area (Å²) in [6.07, 6.45) is 3.77. The van der Waals surface area contributed by atoms with E-state index in [0.29, 0.717) is 6.04 Å². The highest BCUT2D eigenvalue weighted by atomic mass is 16.5. The Morgan fingerprint density at radius 2 is 1.73 bits per heavy atom. The number of aliphatic carboxylic acids is 1. The summed E-state index contributed by atoms with van der Waals surface area (Å²) in [7, 11) is 0. The standard InChI is InChI=1S/C11H19NO3/c13-11(14)9-1-3-10(4-2-9)12-5-7-15-8-6-12/h9-10H,1-8H2,(H,13,14)/t9-,10-. The molecule has 15 heavy (non-hydrogen) atoms. The SMILES string of the molecule is O=C(O)[C@H]1CC[C@H](N2CCOCC2)CC1. The van der Waals surface area contributed by atoms with E-state index in [4.69, 9.17) is 9.84 Å². The van der Waals surface area contributed by atoms with Crippen molar-refractivity contribution in [3.8, 4) is 0 Å². The molecule has 0 unspecified atom stereocenters. The average molecular weight is 213 g/mol. The highest BCUT2D eigenvalue weighted by molar-refractivity contribution is 5.70. The topological polar surface area (TPSA) is 49.8 Å². The molecular weight excluding hydrogens is 194 g/mol. The van der Waals surface area contributed by atoms with Gasteiger partial charge < -0.3 is 9.84 Å². The third kappa shape index (κ3) is 2.69. The quantitative estimate of drug-likeness (QED) is 0.742. The van der Waals surface area contributed by atoms with E-state index in [2.05, 4.69) is 4.90 Å². The first kappa shape index (κ1) is 10.9. The first-order valence-corrected chi connectivity index (χ1v) is 5.82. The van der Waals surface area contributed by atoms with Crippen LogP contribution in [0.4, 0.5) is 0 Å². The smallest absolute Gasteiger partial charge is 0.306 e. The molecule has 0 aromatic heterocycles. The van der Waals surface area contributed by atoms with Crippen molar-refractivity contribution in [2.24, 2.45) is 5.92 Å². The predicted molar refractivity (Wildman–Crippen MR) is 55.8 cm³/mol. The first-order chi connectivity index (χ1) is 7.27. The number of carboxylic acids is 1. The zero-order valence-corrected chi connectivity index (χ0v) is 9.02. The van der Waals surface area contributed by atoms with E-state index in [1.807, 2.05) is 0 Å². The molecule has 1 aliphatic carbocycles. The minimum absolute atomic E-state index is 0.0951. The molecule has 0 spiro atoms. The number of nitrogens with zero attached hydrogens (tertiary/aromatic N) is 1. The van der Waals surface area contributed by atoms with Crippen molar-refractivity contribution in [3.05, 3.63) is 0 Å². The molecule has 4 heteroatoms. The Bertz CT molecular complexity index is 218. The molecule has 0 amide bonds. The fraction of sp³-hybridized carbons (Fsp3) is 0.909. The molecule has 86 valence electrons. The molecule has 2 fully saturated rings. The number of carboxylic acid groups (broad SMARTS) is 1. The van der Waals surface area contributed by atoms with Gasteiger partial charge >= 0.3 is 5.97 Å². The zero-order valence-electron chi connectivity index (χ0n) is 9.02. The normalized spacial score (nSPS) is 33.9. The third-order valence-electron chi connectivity index (χ3n) is 3.61. The Morgan fingerprint density at radius 3 is 2.27 bits per heavy atom. The predicted octanol–water partition coefficient (Wildman–Crippen LogP) is 0.962. The minimum atomic E-state index is -0.615. The van der Waals surface area contributed by atoms with Gasteiger partial charge in [0.15, 0.2) is 0 Å². The van der Waals surface area contributed by atoms with E-state index in [1.165, 1.54) is 0 Å². The van der Waals surface area contributed by atoms with Crippen molar-refractivity contribution in [3.63, 3.8) is 0 Å². The fourth-order valence-electron chi connectivity index (χ4n) is 2.63. The number of carbonyl (C=O) groups is 1. The van der Waals surface area contributed by atoms with Crippen LogP contribution in [0.5, 0.6) is 0 Å². The van der Waals surface area contributed by atoms with Crippen LogP contribution in [0.2, 0.25) is 0 Å². The van der Waals surface area contributed by atoms with Gasteiger partial charge in [-0.3, -0.25) is 9.69 Å². The summed E-state index contributed by atoms with van der Waals surface area (Å²) in [6.45, 7) is 3.70. The largest absolute Gasteiger partial charge is 0.481 e. The molecule has 2 aliphatic rings. The van der Waals surface area contributed by atoms with Crippen LogP contribution in [-0.4, -0.2) is 48.3 Å². The molecular formula is C11H19NO3. The Labute approximate surface area is 90.2 Å². The minimum Gasteiger partial charge on any atom is -0.481 e. The number of hydrogen-bond acceptors (Lipinski definition) is 3. The lowest BCUT2D eigenvalue weighted by Gasteiger charge is -2.37. The molecule has 0 bridgehead atoms. The van der Waals surface area contributed by atoms with Crippen LogP contribution in [0.3, 0.4) is 0 Å². The van der Waals surface area contributed by atoms with Crippen LogP contribution >= 0.6 is 0 Å². The van der Waals surface area contributed by atoms with Crippen LogP contribution in [0.1, 0.15) is 25.7 Å². The van der Waals surface area contributed by atoms with E-state index in [-0.39, 0.29) is 5.92 Å². The Balaban J connectivity index is 1.79. The van der Waals surface area contributed by atoms with Gasteiger partial charge in [0.2, 0.25) is 0 Å².